The molecule has 0 aromatic heterocycles. The molecule has 1 rings (SSSR count). The SMILES string of the molecule is [2H][C@@H](NC(=O)OCc1ccccc1)[C@H](O)C(=O)OC. The van der Waals surface area contributed by atoms with E-state index in [2.05, 4.69) is 4.74 Å². The summed E-state index contributed by atoms with van der Waals surface area (Å²) < 4.78 is 16.4. The van der Waals surface area contributed by atoms with E-state index in [4.69, 9.17) is 6.11 Å². The first-order chi connectivity index (χ1) is 9.04. The fourth-order valence-corrected chi connectivity index (χ4v) is 1.10. The predicted octanol–water partition coefficient (Wildman–Crippen LogP) is 0.447. The molecule has 1 aromatic rings. The number of amides is 1. The molecular weight excluding hydrogens is 238 g/mol. The fourth-order valence-electron chi connectivity index (χ4n) is 1.10. The van der Waals surface area contributed by atoms with Gasteiger partial charge in [0, 0.05) is 0 Å². The van der Waals surface area contributed by atoms with Crippen LogP contribution in [0.2, 0.25) is 0 Å². The summed E-state index contributed by atoms with van der Waals surface area (Å²) in [6, 6.07) is 8.97. The summed E-state index contributed by atoms with van der Waals surface area (Å²) in [6.45, 7) is -1.51. The molecule has 0 spiro atoms. The highest BCUT2D eigenvalue weighted by Gasteiger charge is 2.16. The van der Waals surface area contributed by atoms with Gasteiger partial charge in [-0.1, -0.05) is 30.3 Å². The summed E-state index contributed by atoms with van der Waals surface area (Å²) in [6.07, 6.45) is -2.65. The second-order valence-electron chi connectivity index (χ2n) is 3.34. The van der Waals surface area contributed by atoms with E-state index in [-0.39, 0.29) is 6.61 Å². The Morgan fingerprint density at radius 2 is 2.11 bits per heavy atom. The summed E-state index contributed by atoms with van der Waals surface area (Å²) in [7, 11) is 1.08. The van der Waals surface area contributed by atoms with Gasteiger partial charge in [0.1, 0.15) is 6.61 Å². The summed E-state index contributed by atoms with van der Waals surface area (Å²) >= 11 is 0. The van der Waals surface area contributed by atoms with Crippen LogP contribution in [-0.2, 0) is 20.9 Å². The number of alkyl carbamates (subject to hydrolysis) is 1. The number of esters is 1. The Bertz CT molecular complexity index is 425. The molecule has 0 radical (unpaired) electrons. The van der Waals surface area contributed by atoms with Crippen molar-refractivity contribution in [2.45, 2.75) is 12.7 Å². The minimum absolute atomic E-state index is 0.0354. The minimum Gasteiger partial charge on any atom is -0.467 e. The summed E-state index contributed by atoms with van der Waals surface area (Å²) in [5, 5.41) is 11.3. The van der Waals surface area contributed by atoms with E-state index in [0.717, 1.165) is 12.7 Å². The van der Waals surface area contributed by atoms with E-state index in [1.807, 2.05) is 11.4 Å². The lowest BCUT2D eigenvalue weighted by atomic mass is 10.2. The van der Waals surface area contributed by atoms with Crippen molar-refractivity contribution in [2.24, 2.45) is 0 Å². The van der Waals surface area contributed by atoms with Crippen LogP contribution < -0.4 is 5.32 Å². The normalized spacial score (nSPS) is 14.0. The van der Waals surface area contributed by atoms with Crippen LogP contribution in [0.1, 0.15) is 6.93 Å². The highest BCUT2D eigenvalue weighted by atomic mass is 16.6. The second-order valence-corrected chi connectivity index (χ2v) is 3.34. The molecule has 1 aromatic carbocycles. The van der Waals surface area contributed by atoms with Crippen molar-refractivity contribution in [1.82, 2.24) is 5.32 Å². The zero-order valence-electron chi connectivity index (χ0n) is 10.8. The molecular formula is C12H15NO5. The Morgan fingerprint density at radius 1 is 1.44 bits per heavy atom. The van der Waals surface area contributed by atoms with Crippen LogP contribution in [0.15, 0.2) is 30.3 Å². The number of ether oxygens (including phenoxy) is 2. The zero-order valence-corrected chi connectivity index (χ0v) is 9.83. The largest absolute Gasteiger partial charge is 0.467 e. The minimum atomic E-state index is -1.76. The van der Waals surface area contributed by atoms with Crippen molar-refractivity contribution in [3.8, 4) is 0 Å². The van der Waals surface area contributed by atoms with E-state index >= 15 is 0 Å². The Morgan fingerprint density at radius 3 is 2.72 bits per heavy atom. The Hall–Kier alpha value is -2.08. The van der Waals surface area contributed by atoms with E-state index in [9.17, 15) is 14.7 Å². The van der Waals surface area contributed by atoms with Gasteiger partial charge in [-0.15, -0.1) is 0 Å². The number of hydrogen-bond acceptors (Lipinski definition) is 5. The molecule has 0 aliphatic carbocycles. The van der Waals surface area contributed by atoms with Gasteiger partial charge in [0.15, 0.2) is 6.10 Å². The number of carbonyl (C=O) groups is 2. The molecule has 6 nitrogen and oxygen atoms in total. The Balaban J connectivity index is 2.37. The maximum Gasteiger partial charge on any atom is 0.407 e. The third-order valence-electron chi connectivity index (χ3n) is 2.01. The third-order valence-corrected chi connectivity index (χ3v) is 2.01. The highest BCUT2D eigenvalue weighted by Crippen LogP contribution is 2.00. The maximum atomic E-state index is 11.3. The van der Waals surface area contributed by atoms with Gasteiger partial charge < -0.3 is 19.9 Å². The number of nitrogens with one attached hydrogen (secondary N) is 1. The van der Waals surface area contributed by atoms with Gasteiger partial charge >= 0.3 is 12.1 Å². The van der Waals surface area contributed by atoms with Crippen molar-refractivity contribution in [3.05, 3.63) is 35.9 Å². The average molecular weight is 254 g/mol. The van der Waals surface area contributed by atoms with Gasteiger partial charge in [0.05, 0.1) is 15.0 Å². The van der Waals surface area contributed by atoms with E-state index in [1.165, 1.54) is 0 Å². The van der Waals surface area contributed by atoms with Crippen LogP contribution in [0.5, 0.6) is 0 Å². The smallest absolute Gasteiger partial charge is 0.407 e. The molecule has 1 amide bonds. The monoisotopic (exact) mass is 254 g/mol. The van der Waals surface area contributed by atoms with Crippen molar-refractivity contribution in [2.75, 3.05) is 13.6 Å². The van der Waals surface area contributed by atoms with Crippen LogP contribution in [0, 0.1) is 0 Å². The maximum absolute atomic E-state index is 11.3. The average Bonchev–Trinajstić information content (AvgIpc) is 2.44. The molecule has 0 saturated carbocycles. The fraction of sp³-hybridized carbons (Fsp3) is 0.333. The van der Waals surface area contributed by atoms with Crippen molar-refractivity contribution in [1.29, 1.82) is 0 Å². The molecule has 98 valence electrons. The van der Waals surface area contributed by atoms with Gasteiger partial charge in [-0.2, -0.15) is 0 Å². The van der Waals surface area contributed by atoms with E-state index < -0.39 is 24.7 Å². The van der Waals surface area contributed by atoms with Crippen LogP contribution in [0.4, 0.5) is 4.79 Å². The van der Waals surface area contributed by atoms with Crippen molar-refractivity contribution < 1.29 is 25.5 Å². The number of benzene rings is 1. The lowest BCUT2D eigenvalue weighted by Crippen LogP contribution is -2.37. The molecule has 0 heterocycles. The first-order valence-corrected chi connectivity index (χ1v) is 5.20. The molecule has 0 fully saturated rings. The number of aliphatic hydroxyl groups excluding tert-OH is 1. The number of carbonyl (C=O) groups excluding carboxylic acids is 2. The molecule has 2 N–H and O–H groups in total. The lowest BCUT2D eigenvalue weighted by molar-refractivity contribution is -0.149. The van der Waals surface area contributed by atoms with Crippen molar-refractivity contribution >= 4 is 12.1 Å². The van der Waals surface area contributed by atoms with Crippen LogP contribution >= 0.6 is 0 Å². The molecule has 18 heavy (non-hydrogen) atoms. The lowest BCUT2D eigenvalue weighted by Gasteiger charge is -2.10. The topological polar surface area (TPSA) is 84.9 Å². The number of hydrogen-bond donors (Lipinski definition) is 2. The molecule has 0 aliphatic heterocycles. The zero-order chi connectivity index (χ0) is 14.3. The second kappa shape index (κ2) is 7.29. The molecule has 0 saturated heterocycles. The van der Waals surface area contributed by atoms with Gasteiger partial charge in [-0.05, 0) is 5.56 Å². The Kier molecular flexibility index (Phi) is 5.01. The molecule has 2 atom stereocenters. The van der Waals surface area contributed by atoms with Crippen LogP contribution in [-0.4, -0.2) is 36.9 Å². The van der Waals surface area contributed by atoms with Gasteiger partial charge in [0.2, 0.25) is 0 Å². The van der Waals surface area contributed by atoms with Crippen LogP contribution in [0.3, 0.4) is 0 Å². The Labute approximate surface area is 106 Å². The van der Waals surface area contributed by atoms with Crippen molar-refractivity contribution in [3.63, 3.8) is 0 Å². The standard InChI is InChI=1S/C12H15NO5/c1-17-11(15)10(14)7-13-12(16)18-8-9-5-3-2-4-6-9/h2-6,10,14H,7-8H2,1H3,(H,13,16)/t10-/m0/s1/i7D/t7-,10+/m1. The molecule has 0 unspecified atom stereocenters. The van der Waals surface area contributed by atoms with E-state index in [1.54, 1.807) is 24.3 Å². The first kappa shape index (κ1) is 12.4. The van der Waals surface area contributed by atoms with Gasteiger partial charge in [-0.25, -0.2) is 9.59 Å². The predicted molar refractivity (Wildman–Crippen MR) is 62.7 cm³/mol. The van der Waals surface area contributed by atoms with E-state index in [0.29, 0.717) is 0 Å². The highest BCUT2D eigenvalue weighted by molar-refractivity contribution is 5.75. The third kappa shape index (κ3) is 4.84. The van der Waals surface area contributed by atoms with Gasteiger partial charge in [0.25, 0.3) is 0 Å². The summed E-state index contributed by atoms with van der Waals surface area (Å²) in [5.41, 5.74) is 0.785. The molecule has 6 heteroatoms. The number of methoxy groups -OCH3 is 1. The number of aliphatic hydroxyl groups is 1. The van der Waals surface area contributed by atoms with Gasteiger partial charge in [-0.3, -0.25) is 0 Å². The quantitative estimate of drug-likeness (QED) is 0.745. The molecule has 0 aliphatic rings. The van der Waals surface area contributed by atoms with Crippen LogP contribution in [0.25, 0.3) is 0 Å². The number of rotatable bonds is 5. The summed E-state index contributed by atoms with van der Waals surface area (Å²) in [4.78, 5) is 22.3. The summed E-state index contributed by atoms with van der Waals surface area (Å²) in [5.74, 6) is -0.997. The molecule has 0 bridgehead atoms. The first-order valence-electron chi connectivity index (χ1n) is 5.77.